The molecule has 0 atom stereocenters. The quantitative estimate of drug-likeness (QED) is 0.711. The molecule has 0 saturated carbocycles. The number of hydrogen-bond acceptors (Lipinski definition) is 4. The topological polar surface area (TPSA) is 84.3 Å². The molecule has 0 bridgehead atoms. The standard InChI is InChI=1S/C19H19FN4O3S/c1-13-9-10-21-24(13)16-6-4-5-15(12-16)22-19(25)14-7-8-17(20)18(11-14)28(26,27)23(2)3/h4-12H,1-3H3,(H,22,25). The molecule has 1 aromatic heterocycles. The highest BCUT2D eigenvalue weighted by atomic mass is 32.2. The van der Waals surface area contributed by atoms with Crippen molar-refractivity contribution in [2.45, 2.75) is 11.8 Å². The zero-order valence-electron chi connectivity index (χ0n) is 15.5. The Balaban J connectivity index is 1.89. The molecule has 7 nitrogen and oxygen atoms in total. The summed E-state index contributed by atoms with van der Waals surface area (Å²) in [5.41, 5.74) is 2.22. The number of aryl methyl sites for hydroxylation is 1. The van der Waals surface area contributed by atoms with E-state index in [1.54, 1.807) is 29.1 Å². The molecule has 1 N–H and O–H groups in total. The molecule has 28 heavy (non-hydrogen) atoms. The smallest absolute Gasteiger partial charge is 0.255 e. The Morgan fingerprint density at radius 1 is 1.14 bits per heavy atom. The predicted octanol–water partition coefficient (Wildman–Crippen LogP) is 2.82. The lowest BCUT2D eigenvalue weighted by atomic mass is 10.2. The van der Waals surface area contributed by atoms with Gasteiger partial charge >= 0.3 is 0 Å². The van der Waals surface area contributed by atoms with Gasteiger partial charge in [-0.2, -0.15) is 5.10 Å². The van der Waals surface area contributed by atoms with Crippen LogP contribution in [-0.4, -0.2) is 42.5 Å². The number of carbonyl (C=O) groups excluding carboxylic acids is 1. The molecule has 0 radical (unpaired) electrons. The number of amides is 1. The summed E-state index contributed by atoms with van der Waals surface area (Å²) >= 11 is 0. The summed E-state index contributed by atoms with van der Waals surface area (Å²) in [6.45, 7) is 1.91. The van der Waals surface area contributed by atoms with Gasteiger partial charge in [-0.25, -0.2) is 21.8 Å². The van der Waals surface area contributed by atoms with E-state index >= 15 is 0 Å². The minimum atomic E-state index is -4.01. The Morgan fingerprint density at radius 3 is 2.54 bits per heavy atom. The van der Waals surface area contributed by atoms with Gasteiger partial charge in [-0.05, 0) is 49.4 Å². The summed E-state index contributed by atoms with van der Waals surface area (Å²) in [5, 5.41) is 6.92. The first kappa shape index (κ1) is 19.7. The normalized spacial score (nSPS) is 11.6. The van der Waals surface area contributed by atoms with E-state index in [0.29, 0.717) is 5.69 Å². The van der Waals surface area contributed by atoms with E-state index in [-0.39, 0.29) is 5.56 Å². The first-order valence-electron chi connectivity index (χ1n) is 8.34. The number of rotatable bonds is 5. The van der Waals surface area contributed by atoms with Crippen LogP contribution in [0.4, 0.5) is 10.1 Å². The summed E-state index contributed by atoms with van der Waals surface area (Å²) in [6, 6.07) is 12.1. The Kier molecular flexibility index (Phi) is 5.30. The van der Waals surface area contributed by atoms with E-state index < -0.39 is 26.6 Å². The largest absolute Gasteiger partial charge is 0.322 e. The van der Waals surface area contributed by atoms with Crippen LogP contribution in [0, 0.1) is 12.7 Å². The van der Waals surface area contributed by atoms with Crippen molar-refractivity contribution in [3.05, 3.63) is 71.8 Å². The lowest BCUT2D eigenvalue weighted by Gasteiger charge is -2.13. The highest BCUT2D eigenvalue weighted by molar-refractivity contribution is 7.89. The van der Waals surface area contributed by atoms with E-state index in [4.69, 9.17) is 0 Å². The van der Waals surface area contributed by atoms with Gasteiger partial charge in [-0.15, -0.1) is 0 Å². The number of benzene rings is 2. The minimum Gasteiger partial charge on any atom is -0.322 e. The molecule has 0 aliphatic heterocycles. The highest BCUT2D eigenvalue weighted by Gasteiger charge is 2.23. The Bertz CT molecular complexity index is 1140. The molecule has 2 aromatic carbocycles. The minimum absolute atomic E-state index is 0.0301. The molecule has 0 fully saturated rings. The summed E-state index contributed by atoms with van der Waals surface area (Å²) in [5.74, 6) is -1.47. The molecule has 0 aliphatic rings. The zero-order chi connectivity index (χ0) is 20.5. The number of nitrogens with zero attached hydrogens (tertiary/aromatic N) is 3. The number of hydrogen-bond donors (Lipinski definition) is 1. The van der Waals surface area contributed by atoms with Crippen LogP contribution in [0.15, 0.2) is 59.6 Å². The summed E-state index contributed by atoms with van der Waals surface area (Å²) in [6.07, 6.45) is 1.67. The molecular weight excluding hydrogens is 383 g/mol. The third-order valence-corrected chi connectivity index (χ3v) is 5.96. The van der Waals surface area contributed by atoms with Crippen LogP contribution in [0.3, 0.4) is 0 Å². The molecule has 146 valence electrons. The van der Waals surface area contributed by atoms with E-state index in [9.17, 15) is 17.6 Å². The van der Waals surface area contributed by atoms with Gasteiger partial charge in [0.1, 0.15) is 10.7 Å². The first-order chi connectivity index (χ1) is 13.2. The van der Waals surface area contributed by atoms with Crippen LogP contribution in [0.1, 0.15) is 16.1 Å². The van der Waals surface area contributed by atoms with E-state index in [1.807, 2.05) is 19.1 Å². The number of nitrogens with one attached hydrogen (secondary N) is 1. The number of carbonyl (C=O) groups is 1. The van der Waals surface area contributed by atoms with Gasteiger partial charge in [0.25, 0.3) is 5.91 Å². The second-order valence-corrected chi connectivity index (χ2v) is 8.44. The molecule has 9 heteroatoms. The van der Waals surface area contributed by atoms with Crippen molar-refractivity contribution in [3.63, 3.8) is 0 Å². The maximum absolute atomic E-state index is 14.0. The average molecular weight is 402 g/mol. The molecule has 1 amide bonds. The molecule has 3 rings (SSSR count). The van der Waals surface area contributed by atoms with Crippen molar-refractivity contribution in [2.24, 2.45) is 0 Å². The monoisotopic (exact) mass is 402 g/mol. The second-order valence-electron chi connectivity index (χ2n) is 6.32. The SMILES string of the molecule is Cc1ccnn1-c1cccc(NC(=O)c2ccc(F)c(S(=O)(=O)N(C)C)c2)c1. The molecule has 0 spiro atoms. The maximum atomic E-state index is 14.0. The fraction of sp³-hybridized carbons (Fsp3) is 0.158. The van der Waals surface area contributed by atoms with Crippen LogP contribution in [0.5, 0.6) is 0 Å². The maximum Gasteiger partial charge on any atom is 0.255 e. The van der Waals surface area contributed by atoms with Crippen molar-refractivity contribution in [1.82, 2.24) is 14.1 Å². The molecule has 0 saturated heterocycles. The van der Waals surface area contributed by atoms with Gasteiger partial charge in [0.05, 0.1) is 5.69 Å². The van der Waals surface area contributed by atoms with Crippen LogP contribution in [-0.2, 0) is 10.0 Å². The molecule has 0 unspecified atom stereocenters. The van der Waals surface area contributed by atoms with Crippen molar-refractivity contribution in [1.29, 1.82) is 0 Å². The summed E-state index contributed by atoms with van der Waals surface area (Å²) < 4.78 is 41.1. The van der Waals surface area contributed by atoms with E-state index in [2.05, 4.69) is 10.4 Å². The predicted molar refractivity (Wildman–Crippen MR) is 104 cm³/mol. The zero-order valence-corrected chi connectivity index (χ0v) is 16.4. The Hall–Kier alpha value is -3.04. The third-order valence-electron chi connectivity index (χ3n) is 4.13. The number of aromatic nitrogens is 2. The van der Waals surface area contributed by atoms with Crippen molar-refractivity contribution in [2.75, 3.05) is 19.4 Å². The van der Waals surface area contributed by atoms with Gasteiger partial charge in [0.15, 0.2) is 0 Å². The summed E-state index contributed by atoms with van der Waals surface area (Å²) in [4.78, 5) is 12.0. The number of anilines is 1. The van der Waals surface area contributed by atoms with Gasteiger partial charge in [-0.3, -0.25) is 4.79 Å². The number of halogens is 1. The number of sulfonamides is 1. The van der Waals surface area contributed by atoms with Crippen LogP contribution >= 0.6 is 0 Å². The second kappa shape index (κ2) is 7.53. The molecule has 3 aromatic rings. The van der Waals surface area contributed by atoms with Crippen molar-refractivity contribution in [3.8, 4) is 5.69 Å². The lowest BCUT2D eigenvalue weighted by Crippen LogP contribution is -2.24. The fourth-order valence-electron chi connectivity index (χ4n) is 2.60. The Morgan fingerprint density at radius 2 is 1.89 bits per heavy atom. The molecule has 1 heterocycles. The first-order valence-corrected chi connectivity index (χ1v) is 9.78. The van der Waals surface area contributed by atoms with Crippen LogP contribution in [0.2, 0.25) is 0 Å². The van der Waals surface area contributed by atoms with Crippen LogP contribution < -0.4 is 5.32 Å². The molecule has 0 aliphatic carbocycles. The average Bonchev–Trinajstić information content (AvgIpc) is 3.08. The summed E-state index contributed by atoms with van der Waals surface area (Å²) in [7, 11) is -1.42. The highest BCUT2D eigenvalue weighted by Crippen LogP contribution is 2.21. The third kappa shape index (κ3) is 3.80. The van der Waals surface area contributed by atoms with Gasteiger partial charge in [0.2, 0.25) is 10.0 Å². The fourth-order valence-corrected chi connectivity index (χ4v) is 3.58. The van der Waals surface area contributed by atoms with Crippen LogP contribution in [0.25, 0.3) is 5.69 Å². The van der Waals surface area contributed by atoms with E-state index in [1.165, 1.54) is 20.2 Å². The molecular formula is C19H19FN4O3S. The van der Waals surface area contributed by atoms with E-state index in [0.717, 1.165) is 27.8 Å². The van der Waals surface area contributed by atoms with Crippen molar-refractivity contribution < 1.29 is 17.6 Å². The van der Waals surface area contributed by atoms with Gasteiger partial charge in [-0.1, -0.05) is 6.07 Å². The Labute approximate surface area is 162 Å². The van der Waals surface area contributed by atoms with Crippen molar-refractivity contribution >= 4 is 21.6 Å². The lowest BCUT2D eigenvalue weighted by molar-refractivity contribution is 0.102. The van der Waals surface area contributed by atoms with Gasteiger partial charge < -0.3 is 5.32 Å². The van der Waals surface area contributed by atoms with Gasteiger partial charge in [0, 0.05) is 37.2 Å².